The van der Waals surface area contributed by atoms with Gasteiger partial charge < -0.3 is 4.74 Å². The van der Waals surface area contributed by atoms with Crippen molar-refractivity contribution in [3.05, 3.63) is 47.8 Å². The topological polar surface area (TPSA) is 56.1 Å². The Morgan fingerprint density at radius 1 is 1.38 bits per heavy atom. The lowest BCUT2D eigenvalue weighted by atomic mass is 9.94. The minimum Gasteiger partial charge on any atom is -0.497 e. The molecule has 0 bridgehead atoms. The van der Waals surface area contributed by atoms with Crippen molar-refractivity contribution in [3.8, 4) is 5.75 Å². The third kappa shape index (κ3) is 3.36. The molecule has 1 atom stereocenters. The van der Waals surface area contributed by atoms with E-state index in [1.165, 1.54) is 18.0 Å². The average molecular weight is 295 g/mol. The van der Waals surface area contributed by atoms with E-state index >= 15 is 0 Å². The van der Waals surface area contributed by atoms with E-state index in [0.717, 1.165) is 0 Å². The molecule has 112 valence electrons. The van der Waals surface area contributed by atoms with Crippen molar-refractivity contribution < 1.29 is 18.3 Å². The first-order chi connectivity index (χ1) is 10.0. The SMILES string of the molecule is COc1cccc(C(C(=O)NC(F)F)c2ccnn2C)c1. The van der Waals surface area contributed by atoms with Gasteiger partial charge in [-0.05, 0) is 23.8 Å². The molecule has 0 aliphatic carbocycles. The maximum absolute atomic E-state index is 12.5. The first kappa shape index (κ1) is 15.0. The number of amides is 1. The maximum atomic E-state index is 12.5. The number of rotatable bonds is 5. The molecule has 0 fully saturated rings. The van der Waals surface area contributed by atoms with Crippen LogP contribution in [0.5, 0.6) is 5.75 Å². The Kier molecular flexibility index (Phi) is 4.52. The summed E-state index contributed by atoms with van der Waals surface area (Å²) >= 11 is 0. The molecule has 5 nitrogen and oxygen atoms in total. The summed E-state index contributed by atoms with van der Waals surface area (Å²) in [6, 6.07) is 8.37. The summed E-state index contributed by atoms with van der Waals surface area (Å²) in [6.07, 6.45) is 1.51. The normalized spacial score (nSPS) is 12.2. The Bertz CT molecular complexity index is 628. The molecule has 1 N–H and O–H groups in total. The molecule has 2 aromatic rings. The van der Waals surface area contributed by atoms with Crippen molar-refractivity contribution >= 4 is 5.91 Å². The second-order valence-corrected chi connectivity index (χ2v) is 4.40. The predicted molar refractivity (Wildman–Crippen MR) is 72.2 cm³/mol. The van der Waals surface area contributed by atoms with Crippen molar-refractivity contribution in [1.29, 1.82) is 0 Å². The van der Waals surface area contributed by atoms with Gasteiger partial charge in [0, 0.05) is 13.2 Å². The number of nitrogens with one attached hydrogen (secondary N) is 1. The lowest BCUT2D eigenvalue weighted by molar-refractivity contribution is -0.125. The monoisotopic (exact) mass is 295 g/mol. The van der Waals surface area contributed by atoms with Gasteiger partial charge in [0.05, 0.1) is 12.8 Å². The fourth-order valence-corrected chi connectivity index (χ4v) is 2.14. The number of carbonyl (C=O) groups excluding carboxylic acids is 1. The van der Waals surface area contributed by atoms with Crippen molar-refractivity contribution in [1.82, 2.24) is 15.1 Å². The second-order valence-electron chi connectivity index (χ2n) is 4.40. The summed E-state index contributed by atoms with van der Waals surface area (Å²) in [6.45, 7) is -2.92. The average Bonchev–Trinajstić information content (AvgIpc) is 2.85. The van der Waals surface area contributed by atoms with Crippen LogP contribution >= 0.6 is 0 Å². The van der Waals surface area contributed by atoms with Crippen molar-refractivity contribution in [2.24, 2.45) is 7.05 Å². The third-order valence-electron chi connectivity index (χ3n) is 3.10. The van der Waals surface area contributed by atoms with E-state index in [0.29, 0.717) is 17.0 Å². The number of aromatic nitrogens is 2. The minimum absolute atomic E-state index is 0.515. The van der Waals surface area contributed by atoms with Gasteiger partial charge in [-0.15, -0.1) is 0 Å². The van der Waals surface area contributed by atoms with E-state index in [-0.39, 0.29) is 0 Å². The largest absolute Gasteiger partial charge is 0.497 e. The fraction of sp³-hybridized carbons (Fsp3) is 0.286. The molecule has 1 aromatic heterocycles. The van der Waals surface area contributed by atoms with Crippen LogP contribution in [0.4, 0.5) is 8.78 Å². The summed E-state index contributed by atoms with van der Waals surface area (Å²) in [5.41, 5.74) is 1.07. The van der Waals surface area contributed by atoms with Gasteiger partial charge in [0.1, 0.15) is 11.7 Å². The van der Waals surface area contributed by atoms with Crippen LogP contribution in [0.1, 0.15) is 17.2 Å². The Labute approximate surface area is 120 Å². The molecule has 7 heteroatoms. The number of nitrogens with zero attached hydrogens (tertiary/aromatic N) is 2. The van der Waals surface area contributed by atoms with Gasteiger partial charge >= 0.3 is 6.55 Å². The van der Waals surface area contributed by atoms with Crippen LogP contribution in [0.25, 0.3) is 0 Å². The van der Waals surface area contributed by atoms with Crippen molar-refractivity contribution in [2.75, 3.05) is 7.11 Å². The van der Waals surface area contributed by atoms with Gasteiger partial charge in [0.2, 0.25) is 5.91 Å². The quantitative estimate of drug-likeness (QED) is 0.857. The van der Waals surface area contributed by atoms with Gasteiger partial charge in [0.25, 0.3) is 0 Å². The van der Waals surface area contributed by atoms with Gasteiger partial charge in [-0.2, -0.15) is 13.9 Å². The minimum atomic E-state index is -2.92. The number of hydrogen-bond acceptors (Lipinski definition) is 3. The molecule has 1 heterocycles. The van der Waals surface area contributed by atoms with Gasteiger partial charge in [0.15, 0.2) is 0 Å². The number of hydrogen-bond donors (Lipinski definition) is 1. The zero-order valence-electron chi connectivity index (χ0n) is 11.6. The molecule has 21 heavy (non-hydrogen) atoms. The lowest BCUT2D eigenvalue weighted by Gasteiger charge is -2.18. The molecule has 2 rings (SSSR count). The summed E-state index contributed by atoms with van der Waals surface area (Å²) in [5, 5.41) is 5.63. The summed E-state index contributed by atoms with van der Waals surface area (Å²) in [5.74, 6) is -1.13. The Morgan fingerprint density at radius 3 is 2.71 bits per heavy atom. The number of methoxy groups -OCH3 is 1. The Balaban J connectivity index is 2.45. The highest BCUT2D eigenvalue weighted by atomic mass is 19.3. The molecular formula is C14H15F2N3O2. The van der Waals surface area contributed by atoms with E-state index in [2.05, 4.69) is 5.10 Å². The molecule has 0 aliphatic rings. The number of benzene rings is 1. The molecule has 0 radical (unpaired) electrons. The highest BCUT2D eigenvalue weighted by molar-refractivity contribution is 5.86. The molecular weight excluding hydrogens is 280 g/mol. The first-order valence-corrected chi connectivity index (χ1v) is 6.23. The molecule has 1 amide bonds. The highest BCUT2D eigenvalue weighted by Crippen LogP contribution is 2.27. The number of aryl methyl sites for hydroxylation is 1. The zero-order chi connectivity index (χ0) is 15.4. The van der Waals surface area contributed by atoms with E-state index in [9.17, 15) is 13.6 Å². The summed E-state index contributed by atoms with van der Waals surface area (Å²) in [7, 11) is 3.15. The van der Waals surface area contributed by atoms with Crippen LogP contribution in [0, 0.1) is 0 Å². The molecule has 0 spiro atoms. The van der Waals surface area contributed by atoms with Gasteiger partial charge in [-0.25, -0.2) is 0 Å². The van der Waals surface area contributed by atoms with Crippen LogP contribution < -0.4 is 10.1 Å². The Hall–Kier alpha value is -2.44. The predicted octanol–water partition coefficient (Wildman–Crippen LogP) is 1.90. The number of carbonyl (C=O) groups is 1. The smallest absolute Gasteiger partial charge is 0.315 e. The van der Waals surface area contributed by atoms with Crippen LogP contribution in [0.2, 0.25) is 0 Å². The molecule has 0 aliphatic heterocycles. The van der Waals surface area contributed by atoms with E-state index < -0.39 is 18.4 Å². The van der Waals surface area contributed by atoms with Crippen LogP contribution in [0.15, 0.2) is 36.5 Å². The number of alkyl halides is 2. The maximum Gasteiger partial charge on any atom is 0.315 e. The summed E-state index contributed by atoms with van der Waals surface area (Å²) in [4.78, 5) is 12.1. The highest BCUT2D eigenvalue weighted by Gasteiger charge is 2.27. The summed E-state index contributed by atoms with van der Waals surface area (Å²) < 4.78 is 31.5. The molecule has 1 unspecified atom stereocenters. The van der Waals surface area contributed by atoms with Crippen molar-refractivity contribution in [2.45, 2.75) is 12.5 Å². The number of halogens is 2. The number of ether oxygens (including phenoxy) is 1. The fourth-order valence-electron chi connectivity index (χ4n) is 2.14. The van der Waals surface area contributed by atoms with Crippen LogP contribution in [-0.4, -0.2) is 29.3 Å². The van der Waals surface area contributed by atoms with E-state index in [1.54, 1.807) is 42.7 Å². The standard InChI is InChI=1S/C14H15F2N3O2/c1-19-11(6-7-17-19)12(13(20)18-14(15)16)9-4-3-5-10(8-9)21-2/h3-8,12,14H,1-2H3,(H,18,20). The second kappa shape index (κ2) is 6.34. The van der Waals surface area contributed by atoms with Gasteiger partial charge in [-0.1, -0.05) is 12.1 Å². The molecule has 0 saturated carbocycles. The lowest BCUT2D eigenvalue weighted by Crippen LogP contribution is -2.34. The van der Waals surface area contributed by atoms with Gasteiger partial charge in [-0.3, -0.25) is 14.8 Å². The van der Waals surface area contributed by atoms with Crippen LogP contribution in [0.3, 0.4) is 0 Å². The molecule has 1 aromatic carbocycles. The third-order valence-corrected chi connectivity index (χ3v) is 3.10. The first-order valence-electron chi connectivity index (χ1n) is 6.23. The van der Waals surface area contributed by atoms with Crippen molar-refractivity contribution in [3.63, 3.8) is 0 Å². The van der Waals surface area contributed by atoms with E-state index in [1.807, 2.05) is 0 Å². The Morgan fingerprint density at radius 2 is 2.14 bits per heavy atom. The van der Waals surface area contributed by atoms with E-state index in [4.69, 9.17) is 4.74 Å². The zero-order valence-corrected chi connectivity index (χ0v) is 11.6. The van der Waals surface area contributed by atoms with Crippen LogP contribution in [-0.2, 0) is 11.8 Å². The molecule has 0 saturated heterocycles.